The molecule has 0 spiro atoms. The lowest BCUT2D eigenvalue weighted by molar-refractivity contribution is 0.172. The van der Waals surface area contributed by atoms with Crippen LogP contribution in [0.25, 0.3) is 0 Å². The highest BCUT2D eigenvalue weighted by molar-refractivity contribution is 4.73. The van der Waals surface area contributed by atoms with Gasteiger partial charge in [0.1, 0.15) is 0 Å². The van der Waals surface area contributed by atoms with Crippen molar-refractivity contribution in [1.82, 2.24) is 10.2 Å². The minimum Gasteiger partial charge on any atom is -0.318 e. The molecule has 98 valence electrons. The van der Waals surface area contributed by atoms with E-state index in [2.05, 4.69) is 24.1 Å². The van der Waals surface area contributed by atoms with Gasteiger partial charge in [0, 0.05) is 13.1 Å². The maximum Gasteiger partial charge on any atom is 0.0107 e. The van der Waals surface area contributed by atoms with Crippen LogP contribution in [0.5, 0.6) is 0 Å². The van der Waals surface area contributed by atoms with Gasteiger partial charge in [-0.2, -0.15) is 0 Å². The van der Waals surface area contributed by atoms with Crippen LogP contribution >= 0.6 is 0 Å². The summed E-state index contributed by atoms with van der Waals surface area (Å²) < 4.78 is 0. The number of hydrogen-bond donors (Lipinski definition) is 1. The highest BCUT2D eigenvalue weighted by atomic mass is 15.1. The molecule has 1 saturated heterocycles. The largest absolute Gasteiger partial charge is 0.318 e. The average molecular weight is 228 g/mol. The van der Waals surface area contributed by atoms with Gasteiger partial charge >= 0.3 is 0 Å². The molecule has 2 nitrogen and oxygen atoms in total. The molecule has 16 heavy (non-hydrogen) atoms. The molecule has 0 unspecified atom stereocenters. The van der Waals surface area contributed by atoms with E-state index >= 15 is 0 Å². The molecular weight excluding hydrogens is 196 g/mol. The van der Waals surface area contributed by atoms with Crippen LogP contribution in [-0.4, -0.2) is 38.1 Å². The molecule has 0 aromatic rings. The van der Waals surface area contributed by atoms with Gasteiger partial charge in [0.05, 0.1) is 0 Å². The third-order valence-electron chi connectivity index (χ3n) is 3.19. The number of rotatable bonds is 5. The Morgan fingerprint density at radius 3 is 2.19 bits per heavy atom. The van der Waals surface area contributed by atoms with E-state index in [1.54, 1.807) is 0 Å². The summed E-state index contributed by atoms with van der Waals surface area (Å²) in [5, 5.41) is 3.22. The molecule has 1 aliphatic heterocycles. The lowest BCUT2D eigenvalue weighted by atomic mass is 9.89. The number of nitrogens with zero attached hydrogens (tertiary/aromatic N) is 1. The molecule has 0 amide bonds. The van der Waals surface area contributed by atoms with E-state index in [0.717, 1.165) is 18.4 Å². The lowest BCUT2D eigenvalue weighted by Crippen LogP contribution is -2.37. The van der Waals surface area contributed by atoms with E-state index in [9.17, 15) is 0 Å². The molecule has 0 bridgehead atoms. The average Bonchev–Trinajstić information content (AvgIpc) is 2.30. The highest BCUT2D eigenvalue weighted by Crippen LogP contribution is 2.23. The Bertz CT molecular complexity index is 138. The predicted octanol–water partition coefficient (Wildman–Crippen LogP) is 2.99. The molecule has 1 aliphatic rings. The van der Waals surface area contributed by atoms with Crippen LogP contribution in [0.1, 0.15) is 47.0 Å². The quantitative estimate of drug-likeness (QED) is 0.778. The Kier molecular flexibility index (Phi) is 10.0. The highest BCUT2D eigenvalue weighted by Gasteiger charge is 2.19. The molecule has 0 aliphatic carbocycles. The van der Waals surface area contributed by atoms with E-state index < -0.39 is 0 Å². The SMILES string of the molecule is CC.CNCCN1CCC(CC(C)C)CC1. The minimum atomic E-state index is 0.879. The Hall–Kier alpha value is -0.0800. The lowest BCUT2D eigenvalue weighted by Gasteiger charge is -2.32. The molecule has 1 N–H and O–H groups in total. The molecule has 1 heterocycles. The van der Waals surface area contributed by atoms with Gasteiger partial charge in [0.25, 0.3) is 0 Å². The van der Waals surface area contributed by atoms with Gasteiger partial charge in [0.15, 0.2) is 0 Å². The molecule has 1 fully saturated rings. The summed E-state index contributed by atoms with van der Waals surface area (Å²) in [4.78, 5) is 2.59. The fraction of sp³-hybridized carbons (Fsp3) is 1.00. The molecule has 1 rings (SSSR count). The third kappa shape index (κ3) is 7.24. The number of piperidine rings is 1. The smallest absolute Gasteiger partial charge is 0.0107 e. The van der Waals surface area contributed by atoms with E-state index in [1.165, 1.54) is 38.9 Å². The van der Waals surface area contributed by atoms with Gasteiger partial charge < -0.3 is 10.2 Å². The van der Waals surface area contributed by atoms with Crippen molar-refractivity contribution in [3.63, 3.8) is 0 Å². The van der Waals surface area contributed by atoms with Gasteiger partial charge in [-0.05, 0) is 51.2 Å². The van der Waals surface area contributed by atoms with Gasteiger partial charge in [-0.3, -0.25) is 0 Å². The Balaban J connectivity index is 0.00000106. The second-order valence-corrected chi connectivity index (χ2v) is 5.02. The van der Waals surface area contributed by atoms with E-state index in [0.29, 0.717) is 0 Å². The van der Waals surface area contributed by atoms with Crippen molar-refractivity contribution in [1.29, 1.82) is 0 Å². The van der Waals surface area contributed by atoms with Crippen molar-refractivity contribution in [2.75, 3.05) is 33.2 Å². The summed E-state index contributed by atoms with van der Waals surface area (Å²) in [6.45, 7) is 13.7. The third-order valence-corrected chi connectivity index (χ3v) is 3.19. The van der Waals surface area contributed by atoms with E-state index in [4.69, 9.17) is 0 Å². The Morgan fingerprint density at radius 1 is 1.19 bits per heavy atom. The van der Waals surface area contributed by atoms with Crippen LogP contribution in [0.3, 0.4) is 0 Å². The maximum absolute atomic E-state index is 3.22. The van der Waals surface area contributed by atoms with Gasteiger partial charge in [-0.25, -0.2) is 0 Å². The van der Waals surface area contributed by atoms with E-state index in [1.807, 2.05) is 20.9 Å². The zero-order chi connectivity index (χ0) is 12.4. The van der Waals surface area contributed by atoms with Crippen LogP contribution in [0.4, 0.5) is 0 Å². The van der Waals surface area contributed by atoms with Crippen LogP contribution in [0.2, 0.25) is 0 Å². The standard InChI is InChI=1S/C12H26N2.C2H6/c1-11(2)10-12-4-7-14(8-5-12)9-6-13-3;1-2/h11-13H,4-10H2,1-3H3;1-2H3. The fourth-order valence-electron chi connectivity index (χ4n) is 2.38. The molecule has 0 aromatic carbocycles. The first-order valence-corrected chi connectivity index (χ1v) is 7.09. The summed E-state index contributed by atoms with van der Waals surface area (Å²) >= 11 is 0. The normalized spacial score (nSPS) is 18.4. The minimum absolute atomic E-state index is 0.879. The monoisotopic (exact) mass is 228 g/mol. The van der Waals surface area contributed by atoms with Crippen LogP contribution < -0.4 is 5.32 Å². The molecular formula is C14H32N2. The van der Waals surface area contributed by atoms with Crippen molar-refractivity contribution >= 4 is 0 Å². The van der Waals surface area contributed by atoms with Crippen molar-refractivity contribution in [2.24, 2.45) is 11.8 Å². The van der Waals surface area contributed by atoms with Gasteiger partial charge in [-0.15, -0.1) is 0 Å². The predicted molar refractivity (Wildman–Crippen MR) is 73.9 cm³/mol. The fourth-order valence-corrected chi connectivity index (χ4v) is 2.38. The van der Waals surface area contributed by atoms with Crippen LogP contribution in [-0.2, 0) is 0 Å². The van der Waals surface area contributed by atoms with Gasteiger partial charge in [0.2, 0.25) is 0 Å². The molecule has 0 atom stereocenters. The first kappa shape index (κ1) is 15.9. The number of likely N-dealkylation sites (N-methyl/N-ethyl adjacent to an activating group) is 1. The summed E-state index contributed by atoms with van der Waals surface area (Å²) in [7, 11) is 2.03. The molecule has 0 aromatic heterocycles. The second-order valence-electron chi connectivity index (χ2n) is 5.02. The second kappa shape index (κ2) is 10.1. The van der Waals surface area contributed by atoms with Crippen molar-refractivity contribution in [2.45, 2.75) is 47.0 Å². The summed E-state index contributed by atoms with van der Waals surface area (Å²) in [6.07, 6.45) is 4.27. The molecule has 0 saturated carbocycles. The topological polar surface area (TPSA) is 15.3 Å². The number of nitrogens with one attached hydrogen (secondary N) is 1. The van der Waals surface area contributed by atoms with E-state index in [-0.39, 0.29) is 0 Å². The first-order chi connectivity index (χ1) is 7.72. The Labute approximate surface area is 103 Å². The number of likely N-dealkylation sites (tertiary alicyclic amines) is 1. The zero-order valence-electron chi connectivity index (χ0n) is 12.1. The van der Waals surface area contributed by atoms with Crippen molar-refractivity contribution in [3.8, 4) is 0 Å². The van der Waals surface area contributed by atoms with Crippen molar-refractivity contribution in [3.05, 3.63) is 0 Å². The summed E-state index contributed by atoms with van der Waals surface area (Å²) in [5.74, 6) is 1.88. The maximum atomic E-state index is 3.22. The first-order valence-electron chi connectivity index (χ1n) is 7.09. The summed E-state index contributed by atoms with van der Waals surface area (Å²) in [5.41, 5.74) is 0. The molecule has 0 radical (unpaired) electrons. The Morgan fingerprint density at radius 2 is 1.75 bits per heavy atom. The zero-order valence-corrected chi connectivity index (χ0v) is 12.1. The molecule has 2 heteroatoms. The van der Waals surface area contributed by atoms with Crippen molar-refractivity contribution < 1.29 is 0 Å². The van der Waals surface area contributed by atoms with Crippen LogP contribution in [0.15, 0.2) is 0 Å². The van der Waals surface area contributed by atoms with Gasteiger partial charge in [-0.1, -0.05) is 27.7 Å². The number of hydrogen-bond acceptors (Lipinski definition) is 2. The summed E-state index contributed by atoms with van der Waals surface area (Å²) in [6, 6.07) is 0. The van der Waals surface area contributed by atoms with Crippen LogP contribution in [0, 0.1) is 11.8 Å².